The molecule has 0 N–H and O–H groups in total. The van der Waals surface area contributed by atoms with E-state index in [0.717, 1.165) is 28.0 Å². The molecule has 3 aromatic carbocycles. The molecule has 0 unspecified atom stereocenters. The first-order valence-corrected chi connectivity index (χ1v) is 15.0. The Morgan fingerprint density at radius 2 is 1.28 bits per heavy atom. The number of aromatic nitrogens is 3. The van der Waals surface area contributed by atoms with E-state index in [1.165, 1.54) is 0 Å². The van der Waals surface area contributed by atoms with E-state index in [2.05, 4.69) is 13.2 Å². The number of rotatable bonds is 13. The van der Waals surface area contributed by atoms with Crippen LogP contribution >= 0.6 is 0 Å². The Bertz CT molecular complexity index is 1970. The van der Waals surface area contributed by atoms with Crippen LogP contribution in [0.2, 0.25) is 0 Å². The number of hydrogen-bond donors (Lipinski definition) is 0. The van der Waals surface area contributed by atoms with Gasteiger partial charge in [-0.05, 0) is 41.3 Å². The van der Waals surface area contributed by atoms with Crippen LogP contribution in [0.15, 0.2) is 135 Å². The van der Waals surface area contributed by atoms with E-state index in [0.29, 0.717) is 29.1 Å². The summed E-state index contributed by atoms with van der Waals surface area (Å²) in [7, 11) is 0. The molecule has 3 heterocycles. The fourth-order valence-corrected chi connectivity index (χ4v) is 5.19. The fourth-order valence-electron chi connectivity index (χ4n) is 5.19. The molecule has 7 nitrogen and oxygen atoms in total. The molecule has 0 spiro atoms. The van der Waals surface area contributed by atoms with E-state index in [1.807, 2.05) is 120 Å². The zero-order valence-electron chi connectivity index (χ0n) is 25.3. The first-order chi connectivity index (χ1) is 22.7. The summed E-state index contributed by atoms with van der Waals surface area (Å²) < 4.78 is 20.7. The van der Waals surface area contributed by atoms with Crippen LogP contribution in [0.5, 0.6) is 11.6 Å². The Labute approximate surface area is 268 Å². The quantitative estimate of drug-likeness (QED) is 0.0972. The fraction of sp³-hybridized carbons (Fsp3) is 0.103. The van der Waals surface area contributed by atoms with Gasteiger partial charge in [0, 0.05) is 11.8 Å². The first-order valence-electron chi connectivity index (χ1n) is 15.0. The van der Waals surface area contributed by atoms with Crippen LogP contribution < -0.4 is 9.47 Å². The van der Waals surface area contributed by atoms with Gasteiger partial charge in [0.2, 0.25) is 5.88 Å². The Balaban J connectivity index is 1.54. The van der Waals surface area contributed by atoms with Crippen molar-refractivity contribution in [3.63, 3.8) is 0 Å². The Morgan fingerprint density at radius 3 is 1.89 bits per heavy atom. The van der Waals surface area contributed by atoms with Crippen molar-refractivity contribution in [1.29, 1.82) is 0 Å². The van der Waals surface area contributed by atoms with Gasteiger partial charge in [0.25, 0.3) is 0 Å². The van der Waals surface area contributed by atoms with Gasteiger partial charge in [-0.3, -0.25) is 4.40 Å². The lowest BCUT2D eigenvalue weighted by Crippen LogP contribution is -2.15. The van der Waals surface area contributed by atoms with Gasteiger partial charge >= 0.3 is 5.97 Å². The van der Waals surface area contributed by atoms with E-state index in [9.17, 15) is 4.79 Å². The maximum absolute atomic E-state index is 14.1. The number of ether oxygens (including phenoxy) is 3. The van der Waals surface area contributed by atoms with E-state index < -0.39 is 5.97 Å². The second-order valence-corrected chi connectivity index (χ2v) is 10.5. The van der Waals surface area contributed by atoms with Crippen molar-refractivity contribution in [3.8, 4) is 23.0 Å². The van der Waals surface area contributed by atoms with E-state index in [1.54, 1.807) is 12.2 Å². The molecule has 0 aliphatic heterocycles. The predicted octanol–water partition coefficient (Wildman–Crippen LogP) is 8.28. The maximum atomic E-state index is 14.1. The summed E-state index contributed by atoms with van der Waals surface area (Å²) in [4.78, 5) is 24.0. The van der Waals surface area contributed by atoms with Gasteiger partial charge in [0.1, 0.15) is 42.6 Å². The second kappa shape index (κ2) is 14.2. The summed E-state index contributed by atoms with van der Waals surface area (Å²) in [5.41, 5.74) is 5.99. The van der Waals surface area contributed by atoms with E-state index >= 15 is 0 Å². The molecule has 0 atom stereocenters. The summed E-state index contributed by atoms with van der Waals surface area (Å²) in [6.45, 7) is 8.52. The lowest BCUT2D eigenvalue weighted by Gasteiger charge is -2.21. The van der Waals surface area contributed by atoms with E-state index in [-0.39, 0.29) is 31.3 Å². The highest BCUT2D eigenvalue weighted by Crippen LogP contribution is 2.40. The van der Waals surface area contributed by atoms with Crippen LogP contribution in [0.25, 0.3) is 23.1 Å². The number of hydrogen-bond acceptors (Lipinski definition) is 6. The zero-order valence-corrected chi connectivity index (χ0v) is 25.3. The molecular weight excluding hydrogens is 574 g/mol. The van der Waals surface area contributed by atoms with Crippen LogP contribution in [-0.4, -0.2) is 20.3 Å². The van der Waals surface area contributed by atoms with Crippen LogP contribution in [0, 0.1) is 0 Å². The van der Waals surface area contributed by atoms with Gasteiger partial charge in [-0.2, -0.15) is 0 Å². The highest BCUT2D eigenvalue weighted by Gasteiger charge is 2.30. The highest BCUT2D eigenvalue weighted by atomic mass is 16.5. The van der Waals surface area contributed by atoms with Crippen molar-refractivity contribution in [2.24, 2.45) is 0 Å². The minimum Gasteiger partial charge on any atom is -0.487 e. The molecule has 0 amide bonds. The number of carbonyl (C=O) groups excluding carboxylic acids is 1. The van der Waals surface area contributed by atoms with Gasteiger partial charge in [-0.1, -0.05) is 110 Å². The Hall–Kier alpha value is -5.95. The Kier molecular flexibility index (Phi) is 9.30. The molecule has 0 saturated heterocycles. The second-order valence-electron chi connectivity index (χ2n) is 10.5. The third-order valence-electron chi connectivity index (χ3n) is 7.41. The summed E-state index contributed by atoms with van der Waals surface area (Å²) in [6.07, 6.45) is 5.76. The number of allylic oxidation sites excluding steroid dienone is 1. The minimum absolute atomic E-state index is 0.0709. The number of fused-ring (bicyclic) bond motifs is 1. The van der Waals surface area contributed by atoms with Gasteiger partial charge < -0.3 is 14.2 Å². The number of benzene rings is 3. The largest absolute Gasteiger partial charge is 0.487 e. The first kappa shape index (κ1) is 30.1. The van der Waals surface area contributed by atoms with Crippen molar-refractivity contribution in [2.45, 2.75) is 26.2 Å². The van der Waals surface area contributed by atoms with Gasteiger partial charge in [0.15, 0.2) is 5.56 Å². The van der Waals surface area contributed by atoms with Crippen molar-refractivity contribution in [1.82, 2.24) is 14.4 Å². The molecule has 6 rings (SSSR count). The molecule has 6 aromatic rings. The number of carbonyl (C=O) groups is 1. The molecular formula is C39H33N3O4. The number of nitrogens with zero attached hydrogens (tertiary/aromatic N) is 3. The molecule has 0 aliphatic carbocycles. The number of pyridine rings is 2. The van der Waals surface area contributed by atoms with Gasteiger partial charge in [-0.15, -0.1) is 6.58 Å². The summed E-state index contributed by atoms with van der Waals surface area (Å²) in [5.74, 6) is -0.222. The molecule has 0 bridgehead atoms. The number of esters is 1. The van der Waals surface area contributed by atoms with Crippen molar-refractivity contribution in [2.75, 3.05) is 0 Å². The monoisotopic (exact) mass is 607 g/mol. The smallest absolute Gasteiger partial charge is 0.347 e. The van der Waals surface area contributed by atoms with Crippen LogP contribution in [0.1, 0.15) is 38.3 Å². The molecule has 3 aromatic heterocycles. The normalized spacial score (nSPS) is 10.8. The number of imidazole rings is 1. The average Bonchev–Trinajstić information content (AvgIpc) is 3.49. The highest BCUT2D eigenvalue weighted by molar-refractivity contribution is 5.97. The molecule has 0 radical (unpaired) electrons. The van der Waals surface area contributed by atoms with Gasteiger partial charge in [0.05, 0.1) is 5.69 Å². The topological polar surface area (TPSA) is 75.0 Å². The maximum Gasteiger partial charge on any atom is 0.347 e. The van der Waals surface area contributed by atoms with Crippen LogP contribution in [-0.2, 0) is 31.0 Å². The molecule has 0 fully saturated rings. The summed E-state index contributed by atoms with van der Waals surface area (Å²) in [6, 6.07) is 34.7. The SMILES string of the molecule is C=CCc1c(-c2nc3ccccn3c2C=C)nc(OCc2ccccc2)c(C(=O)OCc2ccccc2)c1OCc1ccccc1. The van der Waals surface area contributed by atoms with Crippen molar-refractivity contribution in [3.05, 3.63) is 168 Å². The zero-order chi connectivity index (χ0) is 31.7. The lowest BCUT2D eigenvalue weighted by atomic mass is 10.0. The van der Waals surface area contributed by atoms with Gasteiger partial charge in [-0.25, -0.2) is 14.8 Å². The third kappa shape index (κ3) is 6.59. The predicted molar refractivity (Wildman–Crippen MR) is 180 cm³/mol. The summed E-state index contributed by atoms with van der Waals surface area (Å²) in [5, 5.41) is 0. The Morgan fingerprint density at radius 1 is 0.696 bits per heavy atom. The van der Waals surface area contributed by atoms with E-state index in [4.69, 9.17) is 24.2 Å². The van der Waals surface area contributed by atoms with Crippen LogP contribution in [0.4, 0.5) is 0 Å². The molecule has 0 aliphatic rings. The standard InChI is InChI=1S/C39H33N3O4/c1-3-16-31-35(36-32(4-2)42-24-15-14-23-33(42)40-36)41-38(45-26-29-19-10-6-11-20-29)34(37(31)44-25-28-17-8-5-9-18-28)39(43)46-27-30-21-12-7-13-22-30/h3-15,17-24H,1-2,16,25-27H2. The lowest BCUT2D eigenvalue weighted by molar-refractivity contribution is 0.0460. The molecule has 46 heavy (non-hydrogen) atoms. The molecule has 7 heteroatoms. The average molecular weight is 608 g/mol. The van der Waals surface area contributed by atoms with Crippen molar-refractivity contribution >= 4 is 17.7 Å². The molecule has 228 valence electrons. The summed E-state index contributed by atoms with van der Waals surface area (Å²) >= 11 is 0. The minimum atomic E-state index is -0.613. The van der Waals surface area contributed by atoms with Crippen LogP contribution in [0.3, 0.4) is 0 Å². The van der Waals surface area contributed by atoms with Crippen molar-refractivity contribution < 1.29 is 19.0 Å². The third-order valence-corrected chi connectivity index (χ3v) is 7.41. The molecule has 0 saturated carbocycles.